The molecule has 1 amide bonds. The zero-order valence-corrected chi connectivity index (χ0v) is 19.9. The number of rotatable bonds is 8. The Kier molecular flexibility index (Phi) is 6.53. The Morgan fingerprint density at radius 1 is 1.20 bits per heavy atom. The normalized spacial score (nSPS) is 12.4. The van der Waals surface area contributed by atoms with Gasteiger partial charge in [0.25, 0.3) is 0 Å². The Labute approximate surface area is 204 Å². The van der Waals surface area contributed by atoms with Crippen LogP contribution in [0.5, 0.6) is 17.2 Å². The van der Waals surface area contributed by atoms with Crippen molar-refractivity contribution in [2.45, 2.75) is 18.0 Å². The van der Waals surface area contributed by atoms with Crippen LogP contribution in [0.15, 0.2) is 52.1 Å². The molecular weight excluding hydrogens is 474 g/mol. The van der Waals surface area contributed by atoms with Gasteiger partial charge >= 0.3 is 6.09 Å². The number of nitrogens with zero attached hydrogens (tertiary/aromatic N) is 3. The summed E-state index contributed by atoms with van der Waals surface area (Å²) in [6.45, 7) is 1.58. The van der Waals surface area contributed by atoms with Gasteiger partial charge < -0.3 is 33.5 Å². The number of para-hydroxylation sites is 1. The van der Waals surface area contributed by atoms with Crippen LogP contribution < -0.4 is 24.2 Å². The summed E-state index contributed by atoms with van der Waals surface area (Å²) in [6.07, 6.45) is 3.03. The van der Waals surface area contributed by atoms with E-state index in [-0.39, 0.29) is 0 Å². The van der Waals surface area contributed by atoms with Crippen molar-refractivity contribution in [1.29, 1.82) is 0 Å². The summed E-state index contributed by atoms with van der Waals surface area (Å²) in [7, 11) is 2.95. The molecule has 3 heterocycles. The fourth-order valence-electron chi connectivity index (χ4n) is 3.69. The zero-order chi connectivity index (χ0) is 24.2. The zero-order valence-electron chi connectivity index (χ0n) is 19.1. The molecule has 0 radical (unpaired) electrons. The number of hydrogen-bond acceptors (Lipinski definition) is 10. The Hall–Kier alpha value is -4.06. The van der Waals surface area contributed by atoms with E-state index in [9.17, 15) is 4.79 Å². The minimum atomic E-state index is -0.499. The molecule has 0 aliphatic carbocycles. The minimum absolute atomic E-state index is 0.310. The molecule has 2 aromatic carbocycles. The fraction of sp³-hybridized carbons (Fsp3) is 0.261. The third-order valence-corrected chi connectivity index (χ3v) is 6.15. The number of ether oxygens (including phenoxy) is 4. The number of anilines is 1. The highest BCUT2D eigenvalue weighted by Gasteiger charge is 2.26. The molecule has 35 heavy (non-hydrogen) atoms. The first-order valence-corrected chi connectivity index (χ1v) is 11.6. The summed E-state index contributed by atoms with van der Waals surface area (Å²) in [4.78, 5) is 12.2. The molecule has 182 valence electrons. The second kappa shape index (κ2) is 10.1. The van der Waals surface area contributed by atoms with E-state index in [0.29, 0.717) is 54.6 Å². The lowest BCUT2D eigenvalue weighted by atomic mass is 10.1. The molecule has 0 unspecified atom stereocenters. The number of nitrogens with one attached hydrogen (secondary N) is 2. The average Bonchev–Trinajstić information content (AvgIpc) is 3.53. The van der Waals surface area contributed by atoms with E-state index >= 15 is 0 Å². The van der Waals surface area contributed by atoms with Gasteiger partial charge in [0.1, 0.15) is 24.3 Å². The van der Waals surface area contributed by atoms with Gasteiger partial charge in [0.2, 0.25) is 0 Å². The number of amides is 1. The van der Waals surface area contributed by atoms with E-state index in [4.69, 9.17) is 18.7 Å². The molecule has 0 fully saturated rings. The van der Waals surface area contributed by atoms with Gasteiger partial charge in [-0.2, -0.15) is 5.10 Å². The van der Waals surface area contributed by atoms with Gasteiger partial charge in [-0.3, -0.25) is 4.68 Å². The Bertz CT molecular complexity index is 1350. The summed E-state index contributed by atoms with van der Waals surface area (Å²) < 4.78 is 32.6. The molecule has 11 nitrogen and oxygen atoms in total. The van der Waals surface area contributed by atoms with Gasteiger partial charge in [0, 0.05) is 23.9 Å². The van der Waals surface area contributed by atoms with Crippen LogP contribution in [0, 0.1) is 0 Å². The Morgan fingerprint density at radius 2 is 2.03 bits per heavy atom. The third-order valence-electron chi connectivity index (χ3n) is 5.29. The fourth-order valence-corrected chi connectivity index (χ4v) is 4.43. The maximum Gasteiger partial charge on any atom is 0.407 e. The standard InChI is InChI=1S/C23H23N5O6S/c1-30-16-5-3-4-6-18(16)35-27-22-19-17(34-26-22)9-15(20-21(19)33-8-7-32-20)13-28-12-14(11-25-28)10-24-23(29)31-2/h3-6,9,11-12H,7-8,10,13H2,1-2H3,(H,24,29)(H,26,27). The summed E-state index contributed by atoms with van der Waals surface area (Å²) in [5.74, 6) is 2.48. The first-order valence-electron chi connectivity index (χ1n) is 10.8. The van der Waals surface area contributed by atoms with E-state index in [2.05, 4.69) is 25.0 Å². The second-order valence-electron chi connectivity index (χ2n) is 7.54. The summed E-state index contributed by atoms with van der Waals surface area (Å²) in [5, 5.41) is 11.9. The molecule has 0 saturated carbocycles. The van der Waals surface area contributed by atoms with Gasteiger partial charge in [-0.1, -0.05) is 17.3 Å². The predicted octanol–water partition coefficient (Wildman–Crippen LogP) is 3.83. The first-order chi connectivity index (χ1) is 17.2. The molecule has 1 aliphatic heterocycles. The Morgan fingerprint density at radius 3 is 2.86 bits per heavy atom. The maximum atomic E-state index is 11.3. The molecule has 5 rings (SSSR count). The highest BCUT2D eigenvalue weighted by Crippen LogP contribution is 2.45. The molecule has 0 atom stereocenters. The molecule has 4 aromatic rings. The van der Waals surface area contributed by atoms with Gasteiger partial charge in [-0.05, 0) is 30.1 Å². The van der Waals surface area contributed by atoms with Crippen molar-refractivity contribution in [3.63, 3.8) is 0 Å². The van der Waals surface area contributed by atoms with Crippen molar-refractivity contribution >= 4 is 34.8 Å². The molecule has 0 saturated heterocycles. The molecular formula is C23H23N5O6S. The van der Waals surface area contributed by atoms with Crippen molar-refractivity contribution < 1.29 is 28.3 Å². The number of alkyl carbamates (subject to hydrolysis) is 1. The highest BCUT2D eigenvalue weighted by atomic mass is 32.2. The van der Waals surface area contributed by atoms with Crippen LogP contribution in [0.1, 0.15) is 11.1 Å². The van der Waals surface area contributed by atoms with Crippen LogP contribution in [0.2, 0.25) is 0 Å². The van der Waals surface area contributed by atoms with Crippen molar-refractivity contribution in [1.82, 2.24) is 20.3 Å². The molecule has 2 aromatic heterocycles. The van der Waals surface area contributed by atoms with Crippen LogP contribution in [-0.4, -0.2) is 48.5 Å². The lowest BCUT2D eigenvalue weighted by Gasteiger charge is -2.22. The molecule has 0 bridgehead atoms. The largest absolute Gasteiger partial charge is 0.496 e. The number of fused-ring (bicyclic) bond motifs is 3. The van der Waals surface area contributed by atoms with E-state index < -0.39 is 6.09 Å². The molecule has 12 heteroatoms. The number of carbonyl (C=O) groups is 1. The number of carbonyl (C=O) groups excluding carboxylic acids is 1. The van der Waals surface area contributed by atoms with Crippen LogP contribution in [-0.2, 0) is 17.8 Å². The van der Waals surface area contributed by atoms with Crippen LogP contribution in [0.3, 0.4) is 0 Å². The summed E-state index contributed by atoms with van der Waals surface area (Å²) in [6, 6.07) is 9.57. The Balaban J connectivity index is 1.40. The highest BCUT2D eigenvalue weighted by molar-refractivity contribution is 8.00. The number of hydrogen-bond donors (Lipinski definition) is 2. The monoisotopic (exact) mass is 497 g/mol. The minimum Gasteiger partial charge on any atom is -0.496 e. The number of aromatic nitrogens is 3. The van der Waals surface area contributed by atoms with E-state index in [1.54, 1.807) is 18.0 Å². The predicted molar refractivity (Wildman–Crippen MR) is 128 cm³/mol. The topological polar surface area (TPSA) is 122 Å². The lowest BCUT2D eigenvalue weighted by Crippen LogP contribution is -2.22. The quantitative estimate of drug-likeness (QED) is 0.347. The molecule has 0 spiro atoms. The number of benzene rings is 2. The van der Waals surface area contributed by atoms with Crippen LogP contribution in [0.4, 0.5) is 10.6 Å². The molecule has 2 N–H and O–H groups in total. The molecule has 1 aliphatic rings. The van der Waals surface area contributed by atoms with Gasteiger partial charge in [0.15, 0.2) is 22.9 Å². The van der Waals surface area contributed by atoms with Crippen LogP contribution >= 0.6 is 11.9 Å². The lowest BCUT2D eigenvalue weighted by molar-refractivity contribution is 0.170. The average molecular weight is 498 g/mol. The third kappa shape index (κ3) is 4.78. The van der Waals surface area contributed by atoms with E-state index in [0.717, 1.165) is 21.8 Å². The van der Waals surface area contributed by atoms with Crippen molar-refractivity contribution in [3.05, 3.63) is 53.9 Å². The van der Waals surface area contributed by atoms with Crippen molar-refractivity contribution in [2.75, 3.05) is 32.2 Å². The number of methoxy groups -OCH3 is 2. The smallest absolute Gasteiger partial charge is 0.407 e. The maximum absolute atomic E-state index is 11.3. The van der Waals surface area contributed by atoms with Gasteiger partial charge in [-0.15, -0.1) is 0 Å². The van der Waals surface area contributed by atoms with Crippen LogP contribution in [0.25, 0.3) is 11.0 Å². The van der Waals surface area contributed by atoms with Crippen molar-refractivity contribution in [2.24, 2.45) is 0 Å². The van der Waals surface area contributed by atoms with Gasteiger partial charge in [0.05, 0.1) is 31.9 Å². The van der Waals surface area contributed by atoms with E-state index in [1.807, 2.05) is 36.5 Å². The summed E-state index contributed by atoms with van der Waals surface area (Å²) in [5.41, 5.74) is 2.23. The first kappa shape index (κ1) is 22.7. The SMILES string of the molecule is COC(=O)NCc1cnn(Cc2cc3onc(NSc4ccccc4OC)c3c3c2OCCO3)c1. The van der Waals surface area contributed by atoms with Crippen molar-refractivity contribution in [3.8, 4) is 17.2 Å². The van der Waals surface area contributed by atoms with E-state index in [1.165, 1.54) is 19.1 Å². The van der Waals surface area contributed by atoms with Gasteiger partial charge in [-0.25, -0.2) is 4.79 Å². The summed E-state index contributed by atoms with van der Waals surface area (Å²) >= 11 is 1.37. The second-order valence-corrected chi connectivity index (χ2v) is 8.39.